The lowest BCUT2D eigenvalue weighted by Gasteiger charge is -2.20. The molecule has 2 saturated heterocycles. The topological polar surface area (TPSA) is 83.6 Å². The SMILES string of the molecule is CNCC1CCN(S(=O)(=O)C2CCS(=O)(=O)C2)C1. The van der Waals surface area contributed by atoms with Crippen molar-refractivity contribution in [3.8, 4) is 0 Å². The van der Waals surface area contributed by atoms with E-state index in [0.717, 1.165) is 13.0 Å². The van der Waals surface area contributed by atoms with Gasteiger partial charge in [0.2, 0.25) is 10.0 Å². The summed E-state index contributed by atoms with van der Waals surface area (Å²) in [7, 11) is -4.74. The molecule has 0 bridgehead atoms. The lowest BCUT2D eigenvalue weighted by atomic mass is 10.1. The van der Waals surface area contributed by atoms with Crippen LogP contribution in [0.2, 0.25) is 0 Å². The molecule has 1 N–H and O–H groups in total. The van der Waals surface area contributed by atoms with Gasteiger partial charge >= 0.3 is 0 Å². The lowest BCUT2D eigenvalue weighted by Crippen LogP contribution is -2.38. The zero-order valence-electron chi connectivity index (χ0n) is 10.5. The molecular weight excluding hydrogens is 276 g/mol. The van der Waals surface area contributed by atoms with Gasteiger partial charge in [-0.25, -0.2) is 21.1 Å². The van der Waals surface area contributed by atoms with Gasteiger partial charge in [-0.15, -0.1) is 0 Å². The van der Waals surface area contributed by atoms with Crippen molar-refractivity contribution in [2.45, 2.75) is 18.1 Å². The molecule has 2 aliphatic heterocycles. The fourth-order valence-corrected chi connectivity index (χ4v) is 7.31. The Morgan fingerprint density at radius 1 is 1.33 bits per heavy atom. The molecule has 0 aliphatic carbocycles. The van der Waals surface area contributed by atoms with Crippen LogP contribution in [0.15, 0.2) is 0 Å². The number of sulfonamides is 1. The van der Waals surface area contributed by atoms with Gasteiger partial charge in [0.05, 0.1) is 16.8 Å². The van der Waals surface area contributed by atoms with Crippen LogP contribution in [0.5, 0.6) is 0 Å². The Morgan fingerprint density at radius 2 is 2.06 bits per heavy atom. The van der Waals surface area contributed by atoms with E-state index in [1.54, 1.807) is 0 Å². The van der Waals surface area contributed by atoms with Crippen molar-refractivity contribution in [3.63, 3.8) is 0 Å². The van der Waals surface area contributed by atoms with E-state index >= 15 is 0 Å². The fraction of sp³-hybridized carbons (Fsp3) is 1.00. The van der Waals surface area contributed by atoms with Crippen LogP contribution in [0.1, 0.15) is 12.8 Å². The standard InChI is InChI=1S/C10H20N2O4S2/c1-11-6-9-2-4-12(7-9)18(15,16)10-3-5-17(13,14)8-10/h9-11H,2-8H2,1H3. The van der Waals surface area contributed by atoms with Crippen molar-refractivity contribution in [3.05, 3.63) is 0 Å². The second kappa shape index (κ2) is 5.07. The van der Waals surface area contributed by atoms with Crippen molar-refractivity contribution < 1.29 is 16.8 Å². The molecule has 2 fully saturated rings. The van der Waals surface area contributed by atoms with E-state index in [-0.39, 0.29) is 17.9 Å². The molecule has 0 amide bonds. The van der Waals surface area contributed by atoms with E-state index in [9.17, 15) is 16.8 Å². The van der Waals surface area contributed by atoms with E-state index in [4.69, 9.17) is 0 Å². The molecule has 0 radical (unpaired) electrons. The summed E-state index contributed by atoms with van der Waals surface area (Å²) in [5.41, 5.74) is 0. The molecular formula is C10H20N2O4S2. The van der Waals surface area contributed by atoms with Crippen LogP contribution in [0.25, 0.3) is 0 Å². The zero-order chi connectivity index (χ0) is 13.4. The van der Waals surface area contributed by atoms with E-state index in [1.165, 1.54) is 4.31 Å². The first-order valence-electron chi connectivity index (χ1n) is 6.19. The Morgan fingerprint density at radius 3 is 2.61 bits per heavy atom. The van der Waals surface area contributed by atoms with Gasteiger partial charge in [-0.2, -0.15) is 0 Å². The summed E-state index contributed by atoms with van der Waals surface area (Å²) in [5, 5.41) is 2.32. The molecule has 0 aromatic heterocycles. The molecule has 2 aliphatic rings. The number of hydrogen-bond acceptors (Lipinski definition) is 5. The maximum Gasteiger partial charge on any atom is 0.218 e. The number of sulfone groups is 1. The molecule has 2 unspecified atom stereocenters. The Kier molecular flexibility index (Phi) is 4.01. The molecule has 18 heavy (non-hydrogen) atoms. The van der Waals surface area contributed by atoms with Crippen LogP contribution in [0.3, 0.4) is 0 Å². The van der Waals surface area contributed by atoms with Gasteiger partial charge in [0, 0.05) is 13.1 Å². The van der Waals surface area contributed by atoms with Crippen LogP contribution in [-0.2, 0) is 19.9 Å². The van der Waals surface area contributed by atoms with Crippen LogP contribution in [0.4, 0.5) is 0 Å². The smallest absolute Gasteiger partial charge is 0.218 e. The molecule has 0 saturated carbocycles. The number of rotatable bonds is 4. The van der Waals surface area contributed by atoms with E-state index in [1.807, 2.05) is 7.05 Å². The first-order chi connectivity index (χ1) is 8.35. The first kappa shape index (κ1) is 14.2. The summed E-state index contributed by atoms with van der Waals surface area (Å²) in [6, 6.07) is 0. The highest BCUT2D eigenvalue weighted by Crippen LogP contribution is 2.26. The third-order valence-electron chi connectivity index (χ3n) is 3.71. The molecule has 0 spiro atoms. The normalized spacial score (nSPS) is 32.9. The summed E-state index contributed by atoms with van der Waals surface area (Å²) in [6.45, 7) is 1.83. The largest absolute Gasteiger partial charge is 0.319 e. The molecule has 2 heterocycles. The van der Waals surface area contributed by atoms with Gasteiger partial charge in [-0.3, -0.25) is 0 Å². The van der Waals surface area contributed by atoms with Gasteiger partial charge < -0.3 is 5.32 Å². The first-order valence-corrected chi connectivity index (χ1v) is 9.51. The summed E-state index contributed by atoms with van der Waals surface area (Å²) in [5.74, 6) is 0.135. The van der Waals surface area contributed by atoms with Crippen LogP contribution in [-0.4, -0.2) is 64.6 Å². The number of nitrogens with one attached hydrogen (secondary N) is 1. The van der Waals surface area contributed by atoms with E-state index in [0.29, 0.717) is 19.0 Å². The van der Waals surface area contributed by atoms with E-state index < -0.39 is 25.1 Å². The third-order valence-corrected chi connectivity index (χ3v) is 7.99. The Bertz CT molecular complexity index is 500. The monoisotopic (exact) mass is 296 g/mol. The second-order valence-corrected chi connectivity index (χ2v) is 9.58. The van der Waals surface area contributed by atoms with Gasteiger partial charge in [-0.05, 0) is 32.4 Å². The van der Waals surface area contributed by atoms with Crippen molar-refractivity contribution in [1.29, 1.82) is 0 Å². The highest BCUT2D eigenvalue weighted by atomic mass is 32.2. The molecule has 6 nitrogen and oxygen atoms in total. The average Bonchev–Trinajstić information content (AvgIpc) is 2.86. The number of nitrogens with zero attached hydrogens (tertiary/aromatic N) is 1. The molecule has 106 valence electrons. The van der Waals surface area contributed by atoms with Gasteiger partial charge in [0.1, 0.15) is 0 Å². The predicted octanol–water partition coefficient (Wildman–Crippen LogP) is -0.955. The number of hydrogen-bond donors (Lipinski definition) is 1. The summed E-state index contributed by atoms with van der Waals surface area (Å²) in [6.07, 6.45) is 1.09. The fourth-order valence-electron chi connectivity index (χ4n) is 2.69. The molecule has 0 aromatic rings. The average molecular weight is 296 g/mol. The predicted molar refractivity (Wildman–Crippen MR) is 69.6 cm³/mol. The zero-order valence-corrected chi connectivity index (χ0v) is 12.1. The van der Waals surface area contributed by atoms with Gasteiger partial charge in [-0.1, -0.05) is 0 Å². The van der Waals surface area contributed by atoms with Crippen molar-refractivity contribution >= 4 is 19.9 Å². The second-order valence-electron chi connectivity index (χ2n) is 5.14. The molecule has 2 rings (SSSR count). The maximum absolute atomic E-state index is 12.3. The van der Waals surface area contributed by atoms with Gasteiger partial charge in [0.25, 0.3) is 0 Å². The Labute approximate surface area is 109 Å². The minimum Gasteiger partial charge on any atom is -0.319 e. The summed E-state index contributed by atoms with van der Waals surface area (Å²) in [4.78, 5) is 0. The maximum atomic E-state index is 12.3. The lowest BCUT2D eigenvalue weighted by molar-refractivity contribution is 0.444. The minimum absolute atomic E-state index is 0.00464. The van der Waals surface area contributed by atoms with Crippen LogP contribution >= 0.6 is 0 Å². The molecule has 8 heteroatoms. The Balaban J connectivity index is 2.05. The highest BCUT2D eigenvalue weighted by Gasteiger charge is 2.42. The van der Waals surface area contributed by atoms with Crippen LogP contribution in [0, 0.1) is 5.92 Å². The van der Waals surface area contributed by atoms with Gasteiger partial charge in [0.15, 0.2) is 9.84 Å². The summed E-state index contributed by atoms with van der Waals surface area (Å²) >= 11 is 0. The van der Waals surface area contributed by atoms with Crippen molar-refractivity contribution in [2.24, 2.45) is 5.92 Å². The molecule has 2 atom stereocenters. The quantitative estimate of drug-likeness (QED) is 0.723. The molecule has 0 aromatic carbocycles. The van der Waals surface area contributed by atoms with E-state index in [2.05, 4.69) is 5.32 Å². The van der Waals surface area contributed by atoms with Crippen molar-refractivity contribution in [2.75, 3.05) is 38.2 Å². The Hall–Kier alpha value is -0.180. The van der Waals surface area contributed by atoms with Crippen molar-refractivity contribution in [1.82, 2.24) is 9.62 Å². The summed E-state index contributed by atoms with van der Waals surface area (Å²) < 4.78 is 48.9. The third kappa shape index (κ3) is 2.87. The van der Waals surface area contributed by atoms with Crippen LogP contribution < -0.4 is 5.32 Å². The highest BCUT2D eigenvalue weighted by molar-refractivity contribution is 7.95. The minimum atomic E-state index is -3.43.